The predicted octanol–water partition coefficient (Wildman–Crippen LogP) is 5.44. The van der Waals surface area contributed by atoms with Crippen LogP contribution >= 0.6 is 23.4 Å². The molecule has 0 aliphatic carbocycles. The van der Waals surface area contributed by atoms with E-state index in [4.69, 9.17) is 16.3 Å². The Morgan fingerprint density at radius 2 is 1.96 bits per heavy atom. The number of benzene rings is 2. The maximum absolute atomic E-state index is 6.05. The third kappa shape index (κ3) is 4.59. The molecule has 0 bridgehead atoms. The third-order valence-electron chi connectivity index (χ3n) is 4.07. The minimum Gasteiger partial charge on any atom is -0.485 e. The Balaban J connectivity index is 1.68. The van der Waals surface area contributed by atoms with Crippen molar-refractivity contribution in [2.24, 2.45) is 0 Å². The first-order valence-corrected chi connectivity index (χ1v) is 9.92. The van der Waals surface area contributed by atoms with Crippen LogP contribution in [0.3, 0.4) is 0 Å². The zero-order chi connectivity index (χ0) is 18.5. The minimum absolute atomic E-state index is 0.406. The molecule has 0 radical (unpaired) electrons. The van der Waals surface area contributed by atoms with Crippen LogP contribution in [0.25, 0.3) is 0 Å². The smallest absolute Gasteiger partial charge is 0.191 e. The van der Waals surface area contributed by atoms with Crippen molar-refractivity contribution >= 4 is 23.4 Å². The molecule has 1 heterocycles. The number of aryl methyl sites for hydroxylation is 2. The molecular weight excluding hydrogens is 366 g/mol. The van der Waals surface area contributed by atoms with Crippen LogP contribution in [-0.2, 0) is 18.9 Å². The first kappa shape index (κ1) is 18.8. The molecule has 0 amide bonds. The van der Waals surface area contributed by atoms with Crippen LogP contribution in [0.2, 0.25) is 5.02 Å². The highest BCUT2D eigenvalue weighted by Crippen LogP contribution is 2.25. The molecule has 1 aromatic heterocycles. The van der Waals surface area contributed by atoms with E-state index in [-0.39, 0.29) is 0 Å². The topological polar surface area (TPSA) is 39.9 Å². The van der Waals surface area contributed by atoms with Gasteiger partial charge in [-0.3, -0.25) is 0 Å². The van der Waals surface area contributed by atoms with Crippen LogP contribution in [0.5, 0.6) is 5.75 Å². The van der Waals surface area contributed by atoms with Crippen LogP contribution in [0.4, 0.5) is 0 Å². The fourth-order valence-electron chi connectivity index (χ4n) is 2.63. The SMILES string of the molecule is CCn1c(COc2cc(C)ccc2C)nnc1SCc1cccc(Cl)c1. The highest BCUT2D eigenvalue weighted by atomic mass is 35.5. The summed E-state index contributed by atoms with van der Waals surface area (Å²) in [5, 5.41) is 10.3. The average Bonchev–Trinajstić information content (AvgIpc) is 3.02. The van der Waals surface area contributed by atoms with Crippen LogP contribution < -0.4 is 4.74 Å². The summed E-state index contributed by atoms with van der Waals surface area (Å²) in [4.78, 5) is 0. The molecule has 0 atom stereocenters. The quantitative estimate of drug-likeness (QED) is 0.506. The second-order valence-electron chi connectivity index (χ2n) is 6.12. The second-order valence-corrected chi connectivity index (χ2v) is 7.50. The van der Waals surface area contributed by atoms with Crippen molar-refractivity contribution in [1.82, 2.24) is 14.8 Å². The van der Waals surface area contributed by atoms with Gasteiger partial charge in [0.1, 0.15) is 12.4 Å². The van der Waals surface area contributed by atoms with E-state index in [0.717, 1.165) is 39.6 Å². The lowest BCUT2D eigenvalue weighted by molar-refractivity contribution is 0.286. The summed E-state index contributed by atoms with van der Waals surface area (Å²) in [5.74, 6) is 2.53. The molecule has 0 spiro atoms. The van der Waals surface area contributed by atoms with Crippen molar-refractivity contribution in [2.45, 2.75) is 44.8 Å². The van der Waals surface area contributed by atoms with Crippen molar-refractivity contribution in [1.29, 1.82) is 0 Å². The molecule has 26 heavy (non-hydrogen) atoms. The number of rotatable bonds is 7. The fourth-order valence-corrected chi connectivity index (χ4v) is 3.81. The van der Waals surface area contributed by atoms with Gasteiger partial charge in [0, 0.05) is 17.3 Å². The first-order chi connectivity index (χ1) is 12.6. The Morgan fingerprint density at radius 1 is 1.12 bits per heavy atom. The Kier molecular flexibility index (Phi) is 6.22. The van der Waals surface area contributed by atoms with Crippen molar-refractivity contribution < 1.29 is 4.74 Å². The van der Waals surface area contributed by atoms with E-state index in [1.807, 2.05) is 25.1 Å². The molecule has 0 aliphatic rings. The van der Waals surface area contributed by atoms with Crippen LogP contribution in [0.15, 0.2) is 47.6 Å². The average molecular weight is 388 g/mol. The molecule has 3 aromatic rings. The van der Waals surface area contributed by atoms with Gasteiger partial charge in [-0.2, -0.15) is 0 Å². The van der Waals surface area contributed by atoms with Gasteiger partial charge in [0.05, 0.1) is 0 Å². The molecule has 0 unspecified atom stereocenters. The number of aromatic nitrogens is 3. The summed E-state index contributed by atoms with van der Waals surface area (Å²) in [6.07, 6.45) is 0. The van der Waals surface area contributed by atoms with E-state index in [1.165, 1.54) is 11.1 Å². The lowest BCUT2D eigenvalue weighted by atomic mass is 10.1. The Hall–Kier alpha value is -1.98. The van der Waals surface area contributed by atoms with E-state index >= 15 is 0 Å². The fraction of sp³-hybridized carbons (Fsp3) is 0.300. The first-order valence-electron chi connectivity index (χ1n) is 8.56. The summed E-state index contributed by atoms with van der Waals surface area (Å²) >= 11 is 7.71. The molecule has 0 saturated carbocycles. The van der Waals surface area contributed by atoms with E-state index in [9.17, 15) is 0 Å². The molecule has 2 aromatic carbocycles. The van der Waals surface area contributed by atoms with Crippen molar-refractivity contribution in [2.75, 3.05) is 0 Å². The maximum Gasteiger partial charge on any atom is 0.191 e. The normalized spacial score (nSPS) is 10.9. The van der Waals surface area contributed by atoms with Gasteiger partial charge in [0.25, 0.3) is 0 Å². The zero-order valence-corrected chi connectivity index (χ0v) is 16.8. The summed E-state index contributed by atoms with van der Waals surface area (Å²) in [7, 11) is 0. The molecule has 136 valence electrons. The van der Waals surface area contributed by atoms with E-state index < -0.39 is 0 Å². The van der Waals surface area contributed by atoms with Crippen molar-refractivity contribution in [3.05, 3.63) is 70.0 Å². The van der Waals surface area contributed by atoms with Gasteiger partial charge >= 0.3 is 0 Å². The van der Waals surface area contributed by atoms with Gasteiger partial charge in [-0.25, -0.2) is 0 Å². The monoisotopic (exact) mass is 387 g/mol. The number of nitrogens with zero attached hydrogens (tertiary/aromatic N) is 3. The zero-order valence-electron chi connectivity index (χ0n) is 15.2. The van der Waals surface area contributed by atoms with E-state index in [0.29, 0.717) is 6.61 Å². The Bertz CT molecular complexity index is 895. The highest BCUT2D eigenvalue weighted by Gasteiger charge is 2.13. The molecule has 0 fully saturated rings. The largest absolute Gasteiger partial charge is 0.485 e. The standard InChI is InChI=1S/C20H22ClN3OS/c1-4-24-19(12-25-18-10-14(2)8-9-15(18)3)22-23-20(24)26-13-16-6-5-7-17(21)11-16/h5-11H,4,12-13H2,1-3H3. The van der Waals surface area contributed by atoms with E-state index in [1.54, 1.807) is 11.8 Å². The predicted molar refractivity (Wildman–Crippen MR) is 107 cm³/mol. The molecule has 4 nitrogen and oxygen atoms in total. The molecule has 3 rings (SSSR count). The van der Waals surface area contributed by atoms with Gasteiger partial charge in [-0.05, 0) is 55.7 Å². The number of halogens is 1. The lowest BCUT2D eigenvalue weighted by Gasteiger charge is -2.11. The number of hydrogen-bond donors (Lipinski definition) is 0. The summed E-state index contributed by atoms with van der Waals surface area (Å²) in [5.41, 5.74) is 3.47. The third-order valence-corrected chi connectivity index (χ3v) is 5.34. The van der Waals surface area contributed by atoms with Gasteiger partial charge in [-0.15, -0.1) is 10.2 Å². The Labute approximate surface area is 163 Å². The van der Waals surface area contributed by atoms with Gasteiger partial charge in [0.2, 0.25) is 0 Å². The molecule has 0 N–H and O–H groups in total. The Morgan fingerprint density at radius 3 is 2.73 bits per heavy atom. The minimum atomic E-state index is 0.406. The molecule has 0 saturated heterocycles. The van der Waals surface area contributed by atoms with Gasteiger partial charge < -0.3 is 9.30 Å². The lowest BCUT2D eigenvalue weighted by Crippen LogP contribution is -2.07. The summed E-state index contributed by atoms with van der Waals surface area (Å²) < 4.78 is 8.09. The summed E-state index contributed by atoms with van der Waals surface area (Å²) in [6, 6.07) is 14.1. The summed E-state index contributed by atoms with van der Waals surface area (Å²) in [6.45, 7) is 7.41. The number of thioether (sulfide) groups is 1. The van der Waals surface area contributed by atoms with Crippen molar-refractivity contribution in [3.63, 3.8) is 0 Å². The van der Waals surface area contributed by atoms with Crippen LogP contribution in [0, 0.1) is 13.8 Å². The molecule has 6 heteroatoms. The maximum atomic E-state index is 6.05. The number of ether oxygens (including phenoxy) is 1. The van der Waals surface area contributed by atoms with Crippen LogP contribution in [-0.4, -0.2) is 14.8 Å². The van der Waals surface area contributed by atoms with E-state index in [2.05, 4.69) is 52.9 Å². The second kappa shape index (κ2) is 8.60. The molecule has 0 aliphatic heterocycles. The van der Waals surface area contributed by atoms with Crippen molar-refractivity contribution in [3.8, 4) is 5.75 Å². The van der Waals surface area contributed by atoms with Gasteiger partial charge in [0.15, 0.2) is 11.0 Å². The van der Waals surface area contributed by atoms with Gasteiger partial charge in [-0.1, -0.05) is 47.6 Å². The highest BCUT2D eigenvalue weighted by molar-refractivity contribution is 7.98. The molecular formula is C20H22ClN3OS. The van der Waals surface area contributed by atoms with Crippen LogP contribution in [0.1, 0.15) is 29.4 Å². The number of hydrogen-bond acceptors (Lipinski definition) is 4.